The van der Waals surface area contributed by atoms with Gasteiger partial charge in [-0.15, -0.1) is 0 Å². The first-order valence-electron chi connectivity index (χ1n) is 5.19. The van der Waals surface area contributed by atoms with Crippen LogP contribution in [0.3, 0.4) is 0 Å². The lowest BCUT2D eigenvalue weighted by Crippen LogP contribution is -2.19. The lowest BCUT2D eigenvalue weighted by atomic mass is 10.1. The Balaban J connectivity index is 2.75. The van der Waals surface area contributed by atoms with Crippen molar-refractivity contribution in [2.24, 2.45) is 0 Å². The van der Waals surface area contributed by atoms with E-state index in [1.165, 1.54) is 26.3 Å². The quantitative estimate of drug-likeness (QED) is 0.762. The van der Waals surface area contributed by atoms with Gasteiger partial charge in [-0.05, 0) is 24.7 Å². The summed E-state index contributed by atoms with van der Waals surface area (Å²) in [4.78, 5) is 0.213. The highest BCUT2D eigenvalue weighted by atomic mass is 32.2. The first-order chi connectivity index (χ1) is 7.99. The molecule has 6 heteroatoms. The molecular weight excluding hydrogens is 242 g/mol. The summed E-state index contributed by atoms with van der Waals surface area (Å²) in [6.45, 7) is 0.260. The van der Waals surface area contributed by atoms with Gasteiger partial charge in [0.1, 0.15) is 0 Å². The molecule has 0 aromatic heterocycles. The van der Waals surface area contributed by atoms with Crippen LogP contribution in [0.15, 0.2) is 29.2 Å². The molecular formula is C11H17NO4S. The number of sulfonamides is 1. The van der Waals surface area contributed by atoms with Crippen molar-refractivity contribution in [3.05, 3.63) is 29.8 Å². The fraction of sp³-hybridized carbons (Fsp3) is 0.455. The third-order valence-electron chi connectivity index (χ3n) is 2.33. The van der Waals surface area contributed by atoms with Crippen LogP contribution in [-0.4, -0.2) is 40.4 Å². The molecule has 0 aliphatic rings. The molecule has 1 rings (SSSR count). The minimum atomic E-state index is -3.39. The summed E-state index contributed by atoms with van der Waals surface area (Å²) in [5, 5.41) is 9.52. The highest BCUT2D eigenvalue weighted by Gasteiger charge is 2.11. The van der Waals surface area contributed by atoms with Crippen LogP contribution in [0.4, 0.5) is 0 Å². The first-order valence-corrected chi connectivity index (χ1v) is 6.67. The molecule has 0 spiro atoms. The minimum absolute atomic E-state index is 0.213. The number of aliphatic hydroxyl groups is 1. The lowest BCUT2D eigenvalue weighted by Gasteiger charge is -2.09. The van der Waals surface area contributed by atoms with E-state index in [-0.39, 0.29) is 11.5 Å². The third kappa shape index (κ3) is 4.08. The van der Waals surface area contributed by atoms with E-state index >= 15 is 0 Å². The van der Waals surface area contributed by atoms with Crippen LogP contribution >= 0.6 is 0 Å². The molecule has 0 aliphatic heterocycles. The van der Waals surface area contributed by atoms with Crippen molar-refractivity contribution in [3.63, 3.8) is 0 Å². The molecule has 0 saturated heterocycles. The summed E-state index contributed by atoms with van der Waals surface area (Å²) < 4.78 is 30.0. The molecule has 0 amide bonds. The molecule has 1 unspecified atom stereocenters. The molecule has 0 fully saturated rings. The molecule has 2 N–H and O–H groups in total. The Kier molecular flexibility index (Phi) is 5.07. The van der Waals surface area contributed by atoms with Crippen molar-refractivity contribution < 1.29 is 18.3 Å². The maximum absolute atomic E-state index is 11.5. The van der Waals surface area contributed by atoms with Gasteiger partial charge in [-0.3, -0.25) is 0 Å². The van der Waals surface area contributed by atoms with Gasteiger partial charge >= 0.3 is 0 Å². The van der Waals surface area contributed by atoms with E-state index < -0.39 is 16.1 Å². The highest BCUT2D eigenvalue weighted by molar-refractivity contribution is 7.89. The zero-order valence-electron chi connectivity index (χ0n) is 9.88. The van der Waals surface area contributed by atoms with Gasteiger partial charge in [-0.2, -0.15) is 0 Å². The van der Waals surface area contributed by atoms with Crippen LogP contribution in [0.1, 0.15) is 5.56 Å². The number of methoxy groups -OCH3 is 1. The van der Waals surface area contributed by atoms with E-state index in [0.29, 0.717) is 6.42 Å². The van der Waals surface area contributed by atoms with E-state index in [0.717, 1.165) is 5.56 Å². The second-order valence-corrected chi connectivity index (χ2v) is 5.55. The predicted molar refractivity (Wildman–Crippen MR) is 64.3 cm³/mol. The second-order valence-electron chi connectivity index (χ2n) is 3.66. The summed E-state index contributed by atoms with van der Waals surface area (Å²) >= 11 is 0. The maximum atomic E-state index is 11.5. The van der Waals surface area contributed by atoms with Gasteiger partial charge in [0.25, 0.3) is 0 Å². The molecule has 0 bridgehead atoms. The minimum Gasteiger partial charge on any atom is -0.390 e. The molecule has 0 heterocycles. The molecule has 1 aromatic rings. The molecule has 0 saturated carbocycles. The number of hydrogen-bond donors (Lipinski definition) is 2. The van der Waals surface area contributed by atoms with Crippen molar-refractivity contribution in [1.29, 1.82) is 0 Å². The van der Waals surface area contributed by atoms with Crippen molar-refractivity contribution in [2.75, 3.05) is 20.8 Å². The fourth-order valence-corrected chi connectivity index (χ4v) is 2.18. The summed E-state index contributed by atoms with van der Waals surface area (Å²) in [6, 6.07) is 6.40. The molecule has 96 valence electrons. The standard InChI is InChI=1S/C11H17NO4S/c1-12-17(14,15)11-5-3-9(4-6-11)7-10(13)8-16-2/h3-6,10,12-13H,7-8H2,1-2H3. The van der Waals surface area contributed by atoms with E-state index in [9.17, 15) is 13.5 Å². The Morgan fingerprint density at radius 3 is 2.41 bits per heavy atom. The van der Waals surface area contributed by atoms with Crippen molar-refractivity contribution in [1.82, 2.24) is 4.72 Å². The SMILES string of the molecule is CNS(=O)(=O)c1ccc(CC(O)COC)cc1. The molecule has 17 heavy (non-hydrogen) atoms. The summed E-state index contributed by atoms with van der Waals surface area (Å²) in [7, 11) is -0.505. The molecule has 1 atom stereocenters. The average molecular weight is 259 g/mol. The van der Waals surface area contributed by atoms with Gasteiger partial charge in [-0.1, -0.05) is 12.1 Å². The van der Waals surface area contributed by atoms with Crippen molar-refractivity contribution >= 4 is 10.0 Å². The van der Waals surface area contributed by atoms with Crippen LogP contribution in [0.25, 0.3) is 0 Å². The first kappa shape index (κ1) is 14.1. The van der Waals surface area contributed by atoms with E-state index in [4.69, 9.17) is 4.74 Å². The zero-order chi connectivity index (χ0) is 12.9. The highest BCUT2D eigenvalue weighted by Crippen LogP contribution is 2.11. The van der Waals surface area contributed by atoms with E-state index in [1.54, 1.807) is 12.1 Å². The molecule has 5 nitrogen and oxygen atoms in total. The summed E-state index contributed by atoms with van der Waals surface area (Å²) in [5.41, 5.74) is 0.865. The summed E-state index contributed by atoms with van der Waals surface area (Å²) in [6.07, 6.45) is -0.139. The molecule has 1 aromatic carbocycles. The Morgan fingerprint density at radius 2 is 1.94 bits per heavy atom. The number of aliphatic hydroxyl groups excluding tert-OH is 1. The largest absolute Gasteiger partial charge is 0.390 e. The number of benzene rings is 1. The Hall–Kier alpha value is -0.950. The maximum Gasteiger partial charge on any atom is 0.240 e. The van der Waals surface area contributed by atoms with Crippen LogP contribution in [0.5, 0.6) is 0 Å². The van der Waals surface area contributed by atoms with Crippen LogP contribution < -0.4 is 4.72 Å². The Labute approximate surface area is 101 Å². The monoisotopic (exact) mass is 259 g/mol. The van der Waals surface area contributed by atoms with E-state index in [1.807, 2.05) is 0 Å². The number of rotatable bonds is 6. The van der Waals surface area contributed by atoms with Gasteiger partial charge in [0, 0.05) is 13.5 Å². The van der Waals surface area contributed by atoms with Gasteiger partial charge in [0.15, 0.2) is 0 Å². The van der Waals surface area contributed by atoms with Gasteiger partial charge in [-0.25, -0.2) is 13.1 Å². The van der Waals surface area contributed by atoms with Crippen LogP contribution in [0, 0.1) is 0 Å². The normalized spacial score (nSPS) is 13.6. The molecule has 0 aliphatic carbocycles. The topological polar surface area (TPSA) is 75.6 Å². The zero-order valence-corrected chi connectivity index (χ0v) is 10.7. The third-order valence-corrected chi connectivity index (χ3v) is 3.76. The second kappa shape index (κ2) is 6.11. The lowest BCUT2D eigenvalue weighted by molar-refractivity contribution is 0.0650. The van der Waals surface area contributed by atoms with Crippen molar-refractivity contribution in [2.45, 2.75) is 17.4 Å². The van der Waals surface area contributed by atoms with Crippen LogP contribution in [-0.2, 0) is 21.2 Å². The fourth-order valence-electron chi connectivity index (χ4n) is 1.45. The van der Waals surface area contributed by atoms with E-state index in [2.05, 4.69) is 4.72 Å². The predicted octanol–water partition coefficient (Wildman–Crippen LogP) is 0.144. The smallest absolute Gasteiger partial charge is 0.240 e. The number of nitrogens with one attached hydrogen (secondary N) is 1. The van der Waals surface area contributed by atoms with Crippen LogP contribution in [0.2, 0.25) is 0 Å². The van der Waals surface area contributed by atoms with Crippen molar-refractivity contribution in [3.8, 4) is 0 Å². The van der Waals surface area contributed by atoms with Gasteiger partial charge in [0.2, 0.25) is 10.0 Å². The van der Waals surface area contributed by atoms with Gasteiger partial charge < -0.3 is 9.84 Å². The number of hydrogen-bond acceptors (Lipinski definition) is 4. The average Bonchev–Trinajstić information content (AvgIpc) is 2.30. The molecule has 0 radical (unpaired) electrons. The Morgan fingerprint density at radius 1 is 1.35 bits per heavy atom. The van der Waals surface area contributed by atoms with Gasteiger partial charge in [0.05, 0.1) is 17.6 Å². The number of ether oxygens (including phenoxy) is 1. The summed E-state index contributed by atoms with van der Waals surface area (Å²) in [5.74, 6) is 0. The Bertz CT molecular complexity index is 441.